The topological polar surface area (TPSA) is 66.4 Å². The molecule has 7 heteroatoms. The van der Waals surface area contributed by atoms with Crippen LogP contribution in [0.15, 0.2) is 24.3 Å². The van der Waals surface area contributed by atoms with Crippen LogP contribution in [0.5, 0.6) is 0 Å². The Labute approximate surface area is 123 Å². The first kappa shape index (κ1) is 14.6. The summed E-state index contributed by atoms with van der Waals surface area (Å²) in [4.78, 5) is 23.6. The number of amides is 1. The third kappa shape index (κ3) is 2.26. The Kier molecular flexibility index (Phi) is 3.42. The molecular formula is C15H12F3NO3. The molecule has 1 aromatic rings. The van der Waals surface area contributed by atoms with E-state index in [1.54, 1.807) is 12.2 Å². The first-order valence-electron chi connectivity index (χ1n) is 6.75. The number of nitrogens with one attached hydrogen (secondary N) is 1. The van der Waals surface area contributed by atoms with E-state index in [1.807, 2.05) is 0 Å². The summed E-state index contributed by atoms with van der Waals surface area (Å²) >= 11 is 0. The van der Waals surface area contributed by atoms with Crippen molar-refractivity contribution in [3.05, 3.63) is 41.7 Å². The number of allylic oxidation sites excluding steroid dienone is 2. The van der Waals surface area contributed by atoms with Crippen molar-refractivity contribution in [1.29, 1.82) is 0 Å². The number of carbonyl (C=O) groups excluding carboxylic acids is 1. The Bertz CT molecular complexity index is 689. The van der Waals surface area contributed by atoms with E-state index >= 15 is 0 Å². The number of carboxylic acid groups (broad SMARTS) is 1. The molecule has 116 valence electrons. The average molecular weight is 311 g/mol. The molecule has 1 amide bonds. The van der Waals surface area contributed by atoms with Gasteiger partial charge in [0.25, 0.3) is 0 Å². The average Bonchev–Trinajstić information content (AvgIpc) is 3.05. The standard InChI is InChI=1S/C15H12F3NO3/c16-8-4-10(18)11(5-9(8)17)19-14(20)12-6-1-2-7(3-6)13(12)15(21)22/h1-2,4-7,12-13H,3H2,(H,19,20)(H,21,22). The second-order valence-corrected chi connectivity index (χ2v) is 5.57. The summed E-state index contributed by atoms with van der Waals surface area (Å²) in [7, 11) is 0. The number of halogens is 3. The highest BCUT2D eigenvalue weighted by atomic mass is 19.2. The van der Waals surface area contributed by atoms with Crippen molar-refractivity contribution in [3.63, 3.8) is 0 Å². The van der Waals surface area contributed by atoms with Crippen LogP contribution in [0.25, 0.3) is 0 Å². The maximum atomic E-state index is 13.6. The van der Waals surface area contributed by atoms with Crippen molar-refractivity contribution < 1.29 is 27.9 Å². The number of carboxylic acids is 1. The maximum absolute atomic E-state index is 13.6. The molecule has 0 aromatic heterocycles. The van der Waals surface area contributed by atoms with E-state index in [2.05, 4.69) is 5.32 Å². The molecule has 0 spiro atoms. The number of carbonyl (C=O) groups is 2. The van der Waals surface area contributed by atoms with E-state index in [0.717, 1.165) is 0 Å². The first-order chi connectivity index (χ1) is 10.4. The highest BCUT2D eigenvalue weighted by Gasteiger charge is 2.51. The molecule has 2 aliphatic carbocycles. The third-order valence-corrected chi connectivity index (χ3v) is 4.32. The van der Waals surface area contributed by atoms with Gasteiger partial charge in [-0.25, -0.2) is 13.2 Å². The van der Waals surface area contributed by atoms with E-state index in [-0.39, 0.29) is 11.8 Å². The van der Waals surface area contributed by atoms with Crippen LogP contribution in [-0.4, -0.2) is 17.0 Å². The van der Waals surface area contributed by atoms with E-state index in [1.165, 1.54) is 0 Å². The van der Waals surface area contributed by atoms with Crippen LogP contribution in [0, 0.1) is 41.1 Å². The summed E-state index contributed by atoms with van der Waals surface area (Å²) in [5.74, 6) is -7.76. The van der Waals surface area contributed by atoms with Crippen molar-refractivity contribution in [3.8, 4) is 0 Å². The molecule has 1 aromatic carbocycles. The monoisotopic (exact) mass is 311 g/mol. The molecule has 4 nitrogen and oxygen atoms in total. The van der Waals surface area contributed by atoms with E-state index < -0.39 is 46.9 Å². The van der Waals surface area contributed by atoms with Gasteiger partial charge in [-0.3, -0.25) is 9.59 Å². The van der Waals surface area contributed by atoms with Crippen molar-refractivity contribution in [2.75, 3.05) is 5.32 Å². The molecule has 0 radical (unpaired) electrons. The van der Waals surface area contributed by atoms with Crippen LogP contribution in [-0.2, 0) is 9.59 Å². The van der Waals surface area contributed by atoms with Gasteiger partial charge < -0.3 is 10.4 Å². The van der Waals surface area contributed by atoms with Crippen molar-refractivity contribution in [2.45, 2.75) is 6.42 Å². The minimum absolute atomic E-state index is 0.229. The predicted molar refractivity (Wildman–Crippen MR) is 70.3 cm³/mol. The third-order valence-electron chi connectivity index (χ3n) is 4.32. The summed E-state index contributed by atoms with van der Waals surface area (Å²) in [6.07, 6.45) is 4.09. The molecule has 3 rings (SSSR count). The molecule has 2 aliphatic rings. The SMILES string of the molecule is O=C(O)C1C2C=CC(C2)C1C(=O)Nc1cc(F)c(F)cc1F. The largest absolute Gasteiger partial charge is 0.481 e. The van der Waals surface area contributed by atoms with Crippen LogP contribution in [0.1, 0.15) is 6.42 Å². The summed E-state index contributed by atoms with van der Waals surface area (Å²) < 4.78 is 39.6. The molecule has 2 N–H and O–H groups in total. The summed E-state index contributed by atoms with van der Waals surface area (Å²) in [6, 6.07) is 0.877. The molecular weight excluding hydrogens is 299 g/mol. The Morgan fingerprint density at radius 1 is 1.00 bits per heavy atom. The van der Waals surface area contributed by atoms with Crippen LogP contribution in [0.4, 0.5) is 18.9 Å². The Morgan fingerprint density at radius 3 is 2.23 bits per heavy atom. The number of hydrogen-bond donors (Lipinski definition) is 2. The molecule has 1 saturated carbocycles. The van der Waals surface area contributed by atoms with Crippen LogP contribution in [0.3, 0.4) is 0 Å². The highest BCUT2D eigenvalue weighted by molar-refractivity contribution is 5.96. The maximum Gasteiger partial charge on any atom is 0.307 e. The van der Waals surface area contributed by atoms with Crippen LogP contribution >= 0.6 is 0 Å². The normalized spacial score (nSPS) is 28.9. The predicted octanol–water partition coefficient (Wildman–Crippen LogP) is 2.57. The summed E-state index contributed by atoms with van der Waals surface area (Å²) in [6.45, 7) is 0. The zero-order valence-corrected chi connectivity index (χ0v) is 11.2. The number of rotatable bonds is 3. The van der Waals surface area contributed by atoms with Gasteiger partial charge in [-0.15, -0.1) is 0 Å². The van der Waals surface area contributed by atoms with E-state index in [4.69, 9.17) is 0 Å². The lowest BCUT2D eigenvalue weighted by atomic mass is 9.82. The number of anilines is 1. The number of aliphatic carboxylic acids is 1. The van der Waals surface area contributed by atoms with Gasteiger partial charge in [0.15, 0.2) is 11.6 Å². The first-order valence-corrected chi connectivity index (χ1v) is 6.75. The fraction of sp³-hybridized carbons (Fsp3) is 0.333. The molecule has 4 unspecified atom stereocenters. The molecule has 1 fully saturated rings. The molecule has 0 heterocycles. The zero-order valence-electron chi connectivity index (χ0n) is 11.2. The fourth-order valence-electron chi connectivity index (χ4n) is 3.35. The van der Waals surface area contributed by atoms with Gasteiger partial charge >= 0.3 is 5.97 Å². The smallest absolute Gasteiger partial charge is 0.307 e. The van der Waals surface area contributed by atoms with Gasteiger partial charge in [0.1, 0.15) is 5.82 Å². The van der Waals surface area contributed by atoms with Crippen LogP contribution in [0.2, 0.25) is 0 Å². The molecule has 0 saturated heterocycles. The minimum Gasteiger partial charge on any atom is -0.481 e. The Hall–Kier alpha value is -2.31. The molecule has 0 aliphatic heterocycles. The summed E-state index contributed by atoms with van der Waals surface area (Å²) in [5.41, 5.74) is -0.500. The van der Waals surface area contributed by atoms with E-state index in [0.29, 0.717) is 18.6 Å². The summed E-state index contributed by atoms with van der Waals surface area (Å²) in [5, 5.41) is 11.4. The molecule has 4 atom stereocenters. The lowest BCUT2D eigenvalue weighted by molar-refractivity contribution is -0.146. The Balaban J connectivity index is 1.84. The second-order valence-electron chi connectivity index (χ2n) is 5.57. The van der Waals surface area contributed by atoms with Gasteiger partial charge in [-0.05, 0) is 18.3 Å². The number of fused-ring (bicyclic) bond motifs is 2. The zero-order chi connectivity index (χ0) is 16.0. The lowest BCUT2D eigenvalue weighted by Gasteiger charge is -2.24. The van der Waals surface area contributed by atoms with Gasteiger partial charge in [0.2, 0.25) is 5.91 Å². The minimum atomic E-state index is -1.36. The van der Waals surface area contributed by atoms with E-state index in [9.17, 15) is 27.9 Å². The molecule has 22 heavy (non-hydrogen) atoms. The van der Waals surface area contributed by atoms with Gasteiger partial charge in [0, 0.05) is 12.1 Å². The van der Waals surface area contributed by atoms with Gasteiger partial charge in [-0.1, -0.05) is 12.2 Å². The lowest BCUT2D eigenvalue weighted by Crippen LogP contribution is -2.36. The van der Waals surface area contributed by atoms with Gasteiger partial charge in [0.05, 0.1) is 17.5 Å². The number of hydrogen-bond acceptors (Lipinski definition) is 2. The van der Waals surface area contributed by atoms with Gasteiger partial charge in [-0.2, -0.15) is 0 Å². The highest BCUT2D eigenvalue weighted by Crippen LogP contribution is 2.48. The van der Waals surface area contributed by atoms with Crippen molar-refractivity contribution >= 4 is 17.6 Å². The van der Waals surface area contributed by atoms with Crippen molar-refractivity contribution in [2.24, 2.45) is 23.7 Å². The fourth-order valence-corrected chi connectivity index (χ4v) is 3.35. The Morgan fingerprint density at radius 2 is 1.59 bits per heavy atom. The number of benzene rings is 1. The quantitative estimate of drug-likeness (QED) is 0.666. The van der Waals surface area contributed by atoms with Crippen LogP contribution < -0.4 is 5.32 Å². The second kappa shape index (κ2) is 5.15. The van der Waals surface area contributed by atoms with Crippen molar-refractivity contribution in [1.82, 2.24) is 0 Å². The molecule has 2 bridgehead atoms.